The number of rotatable bonds is 7. The van der Waals surface area contributed by atoms with Gasteiger partial charge in [-0.2, -0.15) is 0 Å². The molecule has 1 heterocycles. The fraction of sp³-hybridized carbons (Fsp3) is 0.120. The van der Waals surface area contributed by atoms with Gasteiger partial charge in [0.2, 0.25) is 0 Å². The van der Waals surface area contributed by atoms with E-state index in [-0.39, 0.29) is 11.3 Å². The van der Waals surface area contributed by atoms with Crippen molar-refractivity contribution in [1.29, 1.82) is 0 Å². The number of halogens is 1. The van der Waals surface area contributed by atoms with Crippen LogP contribution in [0, 0.1) is 0 Å². The van der Waals surface area contributed by atoms with Crippen molar-refractivity contribution in [3.8, 4) is 17.2 Å². The Labute approximate surface area is 196 Å². The Balaban J connectivity index is 1.83. The molecule has 0 atom stereocenters. The van der Waals surface area contributed by atoms with Gasteiger partial charge < -0.3 is 19.5 Å². The van der Waals surface area contributed by atoms with Crippen LogP contribution in [0.2, 0.25) is 5.02 Å². The summed E-state index contributed by atoms with van der Waals surface area (Å²) in [6.07, 6.45) is 0. The molecule has 33 heavy (non-hydrogen) atoms. The molecule has 0 fully saturated rings. The van der Waals surface area contributed by atoms with Crippen LogP contribution in [-0.2, 0) is 9.59 Å². The van der Waals surface area contributed by atoms with E-state index in [0.29, 0.717) is 39.2 Å². The van der Waals surface area contributed by atoms with Gasteiger partial charge in [-0.3, -0.25) is 9.59 Å². The second kappa shape index (κ2) is 9.26. The maximum absolute atomic E-state index is 13.5. The van der Waals surface area contributed by atoms with Gasteiger partial charge in [0.1, 0.15) is 22.9 Å². The highest BCUT2D eigenvalue weighted by Gasteiger charge is 2.40. The summed E-state index contributed by atoms with van der Waals surface area (Å²) in [5, 5.41) is 3.63. The molecule has 7 nitrogen and oxygen atoms in total. The Kier molecular flexibility index (Phi) is 6.24. The fourth-order valence-electron chi connectivity index (χ4n) is 3.54. The molecule has 0 aliphatic carbocycles. The van der Waals surface area contributed by atoms with E-state index in [1.807, 2.05) is 0 Å². The molecule has 3 aromatic carbocycles. The maximum Gasteiger partial charge on any atom is 0.282 e. The van der Waals surface area contributed by atoms with Crippen LogP contribution in [0.1, 0.15) is 5.56 Å². The molecule has 0 aromatic heterocycles. The third kappa shape index (κ3) is 4.36. The summed E-state index contributed by atoms with van der Waals surface area (Å²) in [7, 11) is 4.59. The van der Waals surface area contributed by atoms with E-state index in [1.165, 1.54) is 21.3 Å². The summed E-state index contributed by atoms with van der Waals surface area (Å²) in [6, 6.07) is 18.6. The Morgan fingerprint density at radius 3 is 2.00 bits per heavy atom. The average Bonchev–Trinajstić information content (AvgIpc) is 3.08. The van der Waals surface area contributed by atoms with Crippen molar-refractivity contribution in [3.63, 3.8) is 0 Å². The zero-order valence-electron chi connectivity index (χ0n) is 18.2. The molecule has 168 valence electrons. The van der Waals surface area contributed by atoms with Gasteiger partial charge in [-0.25, -0.2) is 4.90 Å². The van der Waals surface area contributed by atoms with E-state index in [9.17, 15) is 9.59 Å². The highest BCUT2D eigenvalue weighted by molar-refractivity contribution is 6.46. The van der Waals surface area contributed by atoms with Gasteiger partial charge in [-0.1, -0.05) is 29.8 Å². The van der Waals surface area contributed by atoms with Gasteiger partial charge >= 0.3 is 0 Å². The number of hydrogen-bond donors (Lipinski definition) is 1. The van der Waals surface area contributed by atoms with Crippen molar-refractivity contribution < 1.29 is 23.8 Å². The Morgan fingerprint density at radius 1 is 0.758 bits per heavy atom. The number of ether oxygens (including phenoxy) is 3. The molecule has 0 unspecified atom stereocenters. The zero-order chi connectivity index (χ0) is 23.5. The van der Waals surface area contributed by atoms with E-state index in [2.05, 4.69) is 5.32 Å². The topological polar surface area (TPSA) is 77.1 Å². The van der Waals surface area contributed by atoms with Crippen LogP contribution >= 0.6 is 11.6 Å². The quantitative estimate of drug-likeness (QED) is 0.508. The highest BCUT2D eigenvalue weighted by atomic mass is 35.5. The summed E-state index contributed by atoms with van der Waals surface area (Å²) in [5.74, 6) is 0.631. The summed E-state index contributed by atoms with van der Waals surface area (Å²) >= 11 is 6.04. The van der Waals surface area contributed by atoms with Crippen LogP contribution in [0.3, 0.4) is 0 Å². The van der Waals surface area contributed by atoms with Crippen LogP contribution in [0.5, 0.6) is 17.2 Å². The molecule has 1 aliphatic rings. The minimum Gasteiger partial charge on any atom is -0.497 e. The maximum atomic E-state index is 13.5. The van der Waals surface area contributed by atoms with Gasteiger partial charge in [0.05, 0.1) is 32.6 Å². The first-order valence-electron chi connectivity index (χ1n) is 9.98. The van der Waals surface area contributed by atoms with Crippen molar-refractivity contribution in [3.05, 3.63) is 83.0 Å². The smallest absolute Gasteiger partial charge is 0.282 e. The van der Waals surface area contributed by atoms with E-state index < -0.39 is 11.8 Å². The third-order valence-electron chi connectivity index (χ3n) is 5.15. The van der Waals surface area contributed by atoms with Crippen LogP contribution < -0.4 is 24.4 Å². The van der Waals surface area contributed by atoms with Crippen molar-refractivity contribution >= 4 is 40.4 Å². The monoisotopic (exact) mass is 464 g/mol. The molecule has 0 saturated heterocycles. The molecule has 4 rings (SSSR count). The lowest BCUT2D eigenvalue weighted by Crippen LogP contribution is -2.32. The van der Waals surface area contributed by atoms with Crippen molar-refractivity contribution in [2.45, 2.75) is 0 Å². The molecule has 8 heteroatoms. The number of methoxy groups -OCH3 is 3. The second-order valence-corrected chi connectivity index (χ2v) is 7.57. The van der Waals surface area contributed by atoms with Gasteiger partial charge in [-0.05, 0) is 29.8 Å². The first-order valence-corrected chi connectivity index (χ1v) is 10.4. The van der Waals surface area contributed by atoms with Gasteiger partial charge in [0.25, 0.3) is 11.8 Å². The van der Waals surface area contributed by atoms with E-state index in [0.717, 1.165) is 4.90 Å². The molecule has 1 aliphatic heterocycles. The molecule has 3 aromatic rings. The number of hydrogen-bond acceptors (Lipinski definition) is 6. The second-order valence-electron chi connectivity index (χ2n) is 7.13. The minimum atomic E-state index is -0.500. The number of nitrogens with zero attached hydrogens (tertiary/aromatic N) is 1. The number of amides is 2. The Morgan fingerprint density at radius 2 is 1.39 bits per heavy atom. The van der Waals surface area contributed by atoms with Crippen LogP contribution in [0.15, 0.2) is 72.4 Å². The molecular weight excluding hydrogens is 444 g/mol. The van der Waals surface area contributed by atoms with Gasteiger partial charge in [-0.15, -0.1) is 0 Å². The van der Waals surface area contributed by atoms with Gasteiger partial charge in [0.15, 0.2) is 0 Å². The molecule has 0 radical (unpaired) electrons. The summed E-state index contributed by atoms with van der Waals surface area (Å²) in [4.78, 5) is 28.2. The first kappa shape index (κ1) is 22.2. The van der Waals surface area contributed by atoms with Crippen molar-refractivity contribution in [2.24, 2.45) is 0 Å². The van der Waals surface area contributed by atoms with E-state index >= 15 is 0 Å². The molecular formula is C25H21ClN2O5. The molecule has 0 saturated carbocycles. The lowest BCUT2D eigenvalue weighted by atomic mass is 10.0. The normalized spacial score (nSPS) is 13.4. The summed E-state index contributed by atoms with van der Waals surface area (Å²) in [5.41, 5.74) is 1.83. The predicted octanol–water partition coefficient (Wildman–Crippen LogP) is 4.76. The lowest BCUT2D eigenvalue weighted by Gasteiger charge is -2.16. The largest absolute Gasteiger partial charge is 0.497 e. The number of nitrogens with one attached hydrogen (secondary N) is 1. The number of benzene rings is 3. The zero-order valence-corrected chi connectivity index (χ0v) is 19.0. The van der Waals surface area contributed by atoms with Gasteiger partial charge in [0, 0.05) is 35.0 Å². The highest BCUT2D eigenvalue weighted by Crippen LogP contribution is 2.36. The Hall–Kier alpha value is -3.97. The number of anilines is 2. The number of carbonyl (C=O) groups is 2. The molecule has 0 spiro atoms. The Bertz CT molecular complexity index is 1230. The summed E-state index contributed by atoms with van der Waals surface area (Å²) < 4.78 is 15.9. The van der Waals surface area contributed by atoms with E-state index in [4.69, 9.17) is 25.8 Å². The minimum absolute atomic E-state index is 0.125. The predicted molar refractivity (Wildman–Crippen MR) is 127 cm³/mol. The number of carbonyl (C=O) groups excluding carboxylic acids is 2. The summed E-state index contributed by atoms with van der Waals surface area (Å²) in [6.45, 7) is 0. The van der Waals surface area contributed by atoms with E-state index in [1.54, 1.807) is 66.7 Å². The molecule has 2 amide bonds. The third-order valence-corrected chi connectivity index (χ3v) is 5.40. The van der Waals surface area contributed by atoms with Crippen LogP contribution in [0.25, 0.3) is 5.57 Å². The van der Waals surface area contributed by atoms with Crippen molar-refractivity contribution in [2.75, 3.05) is 31.5 Å². The van der Waals surface area contributed by atoms with Crippen LogP contribution in [0.4, 0.5) is 11.4 Å². The van der Waals surface area contributed by atoms with Crippen molar-refractivity contribution in [1.82, 2.24) is 0 Å². The lowest BCUT2D eigenvalue weighted by molar-refractivity contribution is -0.120. The van der Waals surface area contributed by atoms with Crippen LogP contribution in [-0.4, -0.2) is 33.1 Å². The fourth-order valence-corrected chi connectivity index (χ4v) is 3.66. The first-order chi connectivity index (χ1) is 15.9. The standard InChI is InChI=1S/C25H21ClN2O5/c1-31-19-6-4-5-18(13-19)28-24(29)22(15-7-9-16(26)10-8-15)23(25(28)30)27-17-11-20(32-2)14-21(12-17)33-3/h4-14,27H,1-3H3. The molecule has 0 bridgehead atoms. The SMILES string of the molecule is COc1cc(NC2=C(c3ccc(Cl)cc3)C(=O)N(c3cccc(OC)c3)C2=O)cc(OC)c1. The molecule has 1 N–H and O–H groups in total. The number of imide groups is 1. The average molecular weight is 465 g/mol.